The molecule has 0 atom stereocenters. The molecular formula is C14H18ClNO. The van der Waals surface area contributed by atoms with E-state index in [4.69, 9.17) is 11.6 Å². The van der Waals surface area contributed by atoms with Crippen molar-refractivity contribution in [2.75, 3.05) is 19.6 Å². The first kappa shape index (κ1) is 12.6. The molecule has 0 radical (unpaired) electrons. The maximum Gasteiger partial charge on any atom is 0.232 e. The summed E-state index contributed by atoms with van der Waals surface area (Å²) in [5, 5.41) is -0.209. The van der Waals surface area contributed by atoms with Crippen molar-refractivity contribution in [3.8, 4) is 0 Å². The highest BCUT2D eigenvalue weighted by molar-refractivity contribution is 6.65. The van der Waals surface area contributed by atoms with Gasteiger partial charge >= 0.3 is 0 Å². The van der Waals surface area contributed by atoms with Crippen molar-refractivity contribution in [2.45, 2.75) is 25.2 Å². The molecule has 1 fully saturated rings. The molecule has 1 aliphatic heterocycles. The lowest BCUT2D eigenvalue weighted by molar-refractivity contribution is -0.118. The molecule has 0 unspecified atom stereocenters. The molecule has 3 heteroatoms. The van der Waals surface area contributed by atoms with Gasteiger partial charge in [-0.05, 0) is 49.6 Å². The number of benzene rings is 1. The minimum absolute atomic E-state index is 0.209. The third kappa shape index (κ3) is 2.38. The van der Waals surface area contributed by atoms with E-state index in [1.54, 1.807) is 0 Å². The number of nitrogens with zero attached hydrogens (tertiary/aromatic N) is 1. The van der Waals surface area contributed by atoms with Gasteiger partial charge in [0.25, 0.3) is 0 Å². The van der Waals surface area contributed by atoms with E-state index in [-0.39, 0.29) is 5.24 Å². The predicted molar refractivity (Wildman–Crippen MR) is 70.3 cm³/mol. The van der Waals surface area contributed by atoms with Gasteiger partial charge in [0.1, 0.15) is 0 Å². The zero-order valence-corrected chi connectivity index (χ0v) is 10.9. The zero-order chi connectivity index (χ0) is 12.3. The monoisotopic (exact) mass is 251 g/mol. The van der Waals surface area contributed by atoms with Gasteiger partial charge < -0.3 is 4.90 Å². The molecule has 17 heavy (non-hydrogen) atoms. The fourth-order valence-corrected chi connectivity index (χ4v) is 2.90. The van der Waals surface area contributed by atoms with Gasteiger partial charge in [0.15, 0.2) is 0 Å². The maximum absolute atomic E-state index is 11.9. The molecule has 0 amide bonds. The lowest BCUT2D eigenvalue weighted by Gasteiger charge is -2.39. The van der Waals surface area contributed by atoms with E-state index in [2.05, 4.69) is 11.8 Å². The molecular weight excluding hydrogens is 234 g/mol. The minimum Gasteiger partial charge on any atom is -0.304 e. The number of halogens is 1. The van der Waals surface area contributed by atoms with Crippen molar-refractivity contribution in [3.05, 3.63) is 35.9 Å². The van der Waals surface area contributed by atoms with Crippen molar-refractivity contribution in [1.29, 1.82) is 0 Å². The number of likely N-dealkylation sites (tertiary alicyclic amines) is 1. The normalized spacial score (nSPS) is 20.1. The van der Waals surface area contributed by atoms with E-state index in [9.17, 15) is 4.79 Å². The molecule has 1 aliphatic rings. The lowest BCUT2D eigenvalue weighted by atomic mass is 9.74. The molecule has 1 aromatic rings. The summed E-state index contributed by atoms with van der Waals surface area (Å²) < 4.78 is 0. The SMILES string of the molecule is CCN1CCC(C(=O)Cl)(c2ccccc2)CC1. The molecule has 1 heterocycles. The van der Waals surface area contributed by atoms with Crippen LogP contribution in [0.2, 0.25) is 0 Å². The van der Waals surface area contributed by atoms with Gasteiger partial charge in [-0.15, -0.1) is 0 Å². The summed E-state index contributed by atoms with van der Waals surface area (Å²) in [6.07, 6.45) is 1.65. The second-order valence-corrected chi connectivity index (χ2v) is 5.00. The summed E-state index contributed by atoms with van der Waals surface area (Å²) in [4.78, 5) is 14.2. The molecule has 2 nitrogen and oxygen atoms in total. The average Bonchev–Trinajstić information content (AvgIpc) is 2.39. The maximum atomic E-state index is 11.9. The van der Waals surface area contributed by atoms with E-state index in [0.717, 1.165) is 38.0 Å². The van der Waals surface area contributed by atoms with Crippen LogP contribution < -0.4 is 0 Å². The van der Waals surface area contributed by atoms with Crippen LogP contribution in [-0.4, -0.2) is 29.8 Å². The fraction of sp³-hybridized carbons (Fsp3) is 0.500. The fourth-order valence-electron chi connectivity index (χ4n) is 2.61. The molecule has 0 saturated carbocycles. The van der Waals surface area contributed by atoms with E-state index < -0.39 is 5.41 Å². The highest BCUT2D eigenvalue weighted by atomic mass is 35.5. The summed E-state index contributed by atoms with van der Waals surface area (Å²) in [6.45, 7) is 5.09. The van der Waals surface area contributed by atoms with Crippen molar-refractivity contribution >= 4 is 16.8 Å². The molecule has 0 aliphatic carbocycles. The van der Waals surface area contributed by atoms with E-state index in [0.29, 0.717) is 0 Å². The van der Waals surface area contributed by atoms with Gasteiger partial charge in [-0.1, -0.05) is 37.3 Å². The van der Waals surface area contributed by atoms with E-state index in [1.165, 1.54) is 0 Å². The number of rotatable bonds is 3. The predicted octanol–water partition coefficient (Wildman–Crippen LogP) is 2.81. The Morgan fingerprint density at radius 2 is 1.88 bits per heavy atom. The van der Waals surface area contributed by atoms with Crippen LogP contribution in [0.3, 0.4) is 0 Å². The van der Waals surface area contributed by atoms with Crippen molar-refractivity contribution in [1.82, 2.24) is 4.90 Å². The highest BCUT2D eigenvalue weighted by Gasteiger charge is 2.41. The van der Waals surface area contributed by atoms with Crippen LogP contribution in [-0.2, 0) is 10.2 Å². The van der Waals surface area contributed by atoms with Crippen molar-refractivity contribution < 1.29 is 4.79 Å². The second-order valence-electron chi connectivity index (χ2n) is 4.66. The van der Waals surface area contributed by atoms with E-state index >= 15 is 0 Å². The summed E-state index contributed by atoms with van der Waals surface area (Å²) >= 11 is 5.88. The largest absolute Gasteiger partial charge is 0.304 e. The van der Waals surface area contributed by atoms with Gasteiger partial charge in [0.2, 0.25) is 5.24 Å². The third-order valence-electron chi connectivity index (χ3n) is 3.86. The second kappa shape index (κ2) is 5.19. The Balaban J connectivity index is 2.27. The summed E-state index contributed by atoms with van der Waals surface area (Å²) in [6, 6.07) is 9.95. The van der Waals surface area contributed by atoms with Crippen LogP contribution >= 0.6 is 11.6 Å². The molecule has 0 bridgehead atoms. The molecule has 2 rings (SSSR count). The molecule has 0 spiro atoms. The van der Waals surface area contributed by atoms with Crippen LogP contribution in [0.25, 0.3) is 0 Å². The van der Waals surface area contributed by atoms with Gasteiger partial charge in [0.05, 0.1) is 5.41 Å². The first-order valence-corrected chi connectivity index (χ1v) is 6.54. The highest BCUT2D eigenvalue weighted by Crippen LogP contribution is 2.37. The Kier molecular flexibility index (Phi) is 3.85. The standard InChI is InChI=1S/C14H18ClNO/c1-2-16-10-8-14(9-11-16,13(15)17)12-6-4-3-5-7-12/h3-7H,2,8-11H2,1H3. The zero-order valence-electron chi connectivity index (χ0n) is 10.2. The van der Waals surface area contributed by atoms with Crippen LogP contribution in [0.5, 0.6) is 0 Å². The van der Waals surface area contributed by atoms with Crippen molar-refractivity contribution in [2.24, 2.45) is 0 Å². The van der Waals surface area contributed by atoms with Crippen LogP contribution in [0.1, 0.15) is 25.3 Å². The average molecular weight is 252 g/mol. The Labute approximate surface area is 108 Å². The topological polar surface area (TPSA) is 20.3 Å². The summed E-state index contributed by atoms with van der Waals surface area (Å²) in [5.41, 5.74) is 0.602. The van der Waals surface area contributed by atoms with E-state index in [1.807, 2.05) is 30.3 Å². The number of piperidine rings is 1. The third-order valence-corrected chi connectivity index (χ3v) is 4.22. The molecule has 92 valence electrons. The molecule has 0 aromatic heterocycles. The number of hydrogen-bond acceptors (Lipinski definition) is 2. The Morgan fingerprint density at radius 1 is 1.29 bits per heavy atom. The van der Waals surface area contributed by atoms with Gasteiger partial charge in [-0.25, -0.2) is 0 Å². The Hall–Kier alpha value is -0.860. The number of hydrogen-bond donors (Lipinski definition) is 0. The molecule has 1 saturated heterocycles. The smallest absolute Gasteiger partial charge is 0.232 e. The minimum atomic E-state index is -0.464. The molecule has 0 N–H and O–H groups in total. The van der Waals surface area contributed by atoms with Gasteiger partial charge in [-0.3, -0.25) is 4.79 Å². The Bertz CT molecular complexity index is 382. The molecule has 1 aromatic carbocycles. The summed E-state index contributed by atoms with van der Waals surface area (Å²) in [5.74, 6) is 0. The van der Waals surface area contributed by atoms with Crippen molar-refractivity contribution in [3.63, 3.8) is 0 Å². The number of carbonyl (C=O) groups is 1. The number of carbonyl (C=O) groups excluding carboxylic acids is 1. The first-order valence-electron chi connectivity index (χ1n) is 6.17. The van der Waals surface area contributed by atoms with Crippen LogP contribution in [0, 0.1) is 0 Å². The Morgan fingerprint density at radius 3 is 2.35 bits per heavy atom. The lowest BCUT2D eigenvalue weighted by Crippen LogP contribution is -2.45. The first-order chi connectivity index (χ1) is 8.19. The van der Waals surface area contributed by atoms with Crippen LogP contribution in [0.4, 0.5) is 0 Å². The van der Waals surface area contributed by atoms with Crippen LogP contribution in [0.15, 0.2) is 30.3 Å². The van der Waals surface area contributed by atoms with Gasteiger partial charge in [0, 0.05) is 0 Å². The summed E-state index contributed by atoms with van der Waals surface area (Å²) in [7, 11) is 0. The van der Waals surface area contributed by atoms with Gasteiger partial charge in [-0.2, -0.15) is 0 Å². The quantitative estimate of drug-likeness (QED) is 0.770.